The van der Waals surface area contributed by atoms with E-state index in [1.54, 1.807) is 30.3 Å². The third-order valence-electron chi connectivity index (χ3n) is 5.42. The number of hydrogen-bond donors (Lipinski definition) is 2. The first-order valence-corrected chi connectivity index (χ1v) is 11.7. The molecule has 2 heterocycles. The van der Waals surface area contributed by atoms with E-state index in [4.69, 9.17) is 9.47 Å². The maximum absolute atomic E-state index is 13.1. The van der Waals surface area contributed by atoms with Crippen LogP contribution < -0.4 is 20.3 Å². The molecule has 8 nitrogen and oxygen atoms in total. The van der Waals surface area contributed by atoms with Gasteiger partial charge in [0.1, 0.15) is 17.3 Å². The van der Waals surface area contributed by atoms with Gasteiger partial charge in [0.05, 0.1) is 31.2 Å². The smallest absolute Gasteiger partial charge is 0.256 e. The largest absolute Gasteiger partial charge is 0.497 e. The Hall–Kier alpha value is -3.37. The van der Waals surface area contributed by atoms with E-state index in [1.807, 2.05) is 0 Å². The Morgan fingerprint density at radius 2 is 1.88 bits per heavy atom. The molecule has 0 fully saturated rings. The minimum Gasteiger partial charge on any atom is -0.497 e. The van der Waals surface area contributed by atoms with Crippen molar-refractivity contribution in [3.63, 3.8) is 0 Å². The molecular formula is C24H25FN4O4S. The van der Waals surface area contributed by atoms with Crippen LogP contribution in [0.5, 0.6) is 11.5 Å². The summed E-state index contributed by atoms with van der Waals surface area (Å²) >= 11 is 1.17. The second-order valence-corrected chi connectivity index (χ2v) is 8.79. The molecule has 1 aliphatic rings. The molecule has 0 radical (unpaired) electrons. The fourth-order valence-electron chi connectivity index (χ4n) is 3.72. The highest BCUT2D eigenvalue weighted by Gasteiger charge is 2.21. The lowest BCUT2D eigenvalue weighted by atomic mass is 10.1. The fourth-order valence-corrected chi connectivity index (χ4v) is 4.40. The van der Waals surface area contributed by atoms with Crippen LogP contribution in [0.4, 0.5) is 10.1 Å². The van der Waals surface area contributed by atoms with Crippen LogP contribution in [0.1, 0.15) is 16.8 Å². The molecule has 4 rings (SSSR count). The van der Waals surface area contributed by atoms with Crippen molar-refractivity contribution in [3.05, 3.63) is 75.5 Å². The molecular weight excluding hydrogens is 459 g/mol. The molecule has 3 aromatic rings. The number of fused-ring (bicyclic) bond motifs is 1. The molecule has 0 atom stereocenters. The molecule has 0 unspecified atom stereocenters. The van der Waals surface area contributed by atoms with Crippen LogP contribution in [0.15, 0.2) is 52.4 Å². The molecule has 0 bridgehead atoms. The van der Waals surface area contributed by atoms with Crippen LogP contribution >= 0.6 is 11.8 Å². The number of thioether (sulfide) groups is 1. The number of nitrogens with zero attached hydrogens (tertiary/aromatic N) is 2. The van der Waals surface area contributed by atoms with E-state index >= 15 is 0 Å². The summed E-state index contributed by atoms with van der Waals surface area (Å²) in [6.07, 6.45) is 0.629. The average molecular weight is 485 g/mol. The van der Waals surface area contributed by atoms with Crippen LogP contribution in [0.25, 0.3) is 0 Å². The summed E-state index contributed by atoms with van der Waals surface area (Å²) in [4.78, 5) is 34.6. The number of methoxy groups -OCH3 is 2. The normalized spacial score (nSPS) is 13.3. The molecule has 178 valence electrons. The van der Waals surface area contributed by atoms with Gasteiger partial charge in [-0.25, -0.2) is 9.37 Å². The minimum absolute atomic E-state index is 0.0813. The van der Waals surface area contributed by atoms with Crippen molar-refractivity contribution in [2.24, 2.45) is 0 Å². The van der Waals surface area contributed by atoms with Crippen molar-refractivity contribution in [2.45, 2.75) is 24.7 Å². The number of carbonyl (C=O) groups is 1. The zero-order chi connectivity index (χ0) is 24.1. The van der Waals surface area contributed by atoms with Crippen LogP contribution in [0.3, 0.4) is 0 Å². The third kappa shape index (κ3) is 5.95. The molecule has 0 spiro atoms. The third-order valence-corrected chi connectivity index (χ3v) is 6.29. The second-order valence-electron chi connectivity index (χ2n) is 7.82. The summed E-state index contributed by atoms with van der Waals surface area (Å²) in [5, 5.41) is 3.21. The van der Waals surface area contributed by atoms with Crippen LogP contribution in [0.2, 0.25) is 0 Å². The maximum Gasteiger partial charge on any atom is 0.256 e. The number of benzene rings is 2. The van der Waals surface area contributed by atoms with Crippen molar-refractivity contribution in [3.8, 4) is 11.5 Å². The quantitative estimate of drug-likeness (QED) is 0.374. The van der Waals surface area contributed by atoms with Gasteiger partial charge in [0, 0.05) is 49.9 Å². The van der Waals surface area contributed by atoms with Gasteiger partial charge in [0.2, 0.25) is 5.91 Å². The van der Waals surface area contributed by atoms with Gasteiger partial charge in [-0.3, -0.25) is 14.5 Å². The van der Waals surface area contributed by atoms with Crippen LogP contribution in [0, 0.1) is 5.82 Å². The SMILES string of the molecule is COc1cc(NC(=O)CSc2nc3c(c(=O)[nH]2)CN(Cc2ccc(F)cc2)CC3)cc(OC)c1. The Balaban J connectivity index is 1.36. The van der Waals surface area contributed by atoms with E-state index in [2.05, 4.69) is 20.2 Å². The first kappa shape index (κ1) is 23.8. The number of hydrogen-bond acceptors (Lipinski definition) is 7. The highest BCUT2D eigenvalue weighted by atomic mass is 32.2. The molecule has 0 saturated heterocycles. The van der Waals surface area contributed by atoms with Crippen LogP contribution in [-0.2, 0) is 24.3 Å². The van der Waals surface area contributed by atoms with Gasteiger partial charge < -0.3 is 19.8 Å². The minimum atomic E-state index is -0.268. The van der Waals surface area contributed by atoms with E-state index in [0.29, 0.717) is 47.4 Å². The van der Waals surface area contributed by atoms with Crippen molar-refractivity contribution in [1.82, 2.24) is 14.9 Å². The number of anilines is 1. The molecule has 2 N–H and O–H groups in total. The molecule has 2 aromatic carbocycles. The van der Waals surface area contributed by atoms with E-state index in [0.717, 1.165) is 17.8 Å². The number of amides is 1. The predicted molar refractivity (Wildman–Crippen MR) is 128 cm³/mol. The number of ether oxygens (including phenoxy) is 2. The van der Waals surface area contributed by atoms with Crippen LogP contribution in [-0.4, -0.2) is 47.3 Å². The molecule has 1 aromatic heterocycles. The first-order chi connectivity index (χ1) is 16.4. The molecule has 1 amide bonds. The molecule has 34 heavy (non-hydrogen) atoms. The van der Waals surface area contributed by atoms with Crippen molar-refractivity contribution >= 4 is 23.4 Å². The molecule has 10 heteroatoms. The maximum atomic E-state index is 13.1. The highest BCUT2D eigenvalue weighted by Crippen LogP contribution is 2.26. The lowest BCUT2D eigenvalue weighted by molar-refractivity contribution is -0.113. The van der Waals surface area contributed by atoms with E-state index in [9.17, 15) is 14.0 Å². The number of aromatic nitrogens is 2. The standard InChI is InChI=1S/C24H25FN4O4S/c1-32-18-9-17(10-19(11-18)33-2)26-22(30)14-34-24-27-21-7-8-29(13-20(21)23(31)28-24)12-15-3-5-16(25)6-4-15/h3-6,9-11H,7-8,12-14H2,1-2H3,(H,26,30)(H,27,28,31). The van der Waals surface area contributed by atoms with E-state index in [-0.39, 0.29) is 23.0 Å². The lowest BCUT2D eigenvalue weighted by Gasteiger charge is -2.27. The van der Waals surface area contributed by atoms with Gasteiger partial charge in [-0.1, -0.05) is 23.9 Å². The fraction of sp³-hybridized carbons (Fsp3) is 0.292. The Kier molecular flexibility index (Phi) is 7.49. The monoisotopic (exact) mass is 484 g/mol. The lowest BCUT2D eigenvalue weighted by Crippen LogP contribution is -2.35. The molecule has 0 aliphatic carbocycles. The highest BCUT2D eigenvalue weighted by molar-refractivity contribution is 7.99. The number of halogens is 1. The van der Waals surface area contributed by atoms with Gasteiger partial charge in [-0.15, -0.1) is 0 Å². The topological polar surface area (TPSA) is 96.5 Å². The summed E-state index contributed by atoms with van der Waals surface area (Å²) in [6.45, 7) is 1.84. The summed E-state index contributed by atoms with van der Waals surface area (Å²) in [5.74, 6) is 0.701. The van der Waals surface area contributed by atoms with Crippen molar-refractivity contribution in [1.29, 1.82) is 0 Å². The zero-order valence-corrected chi connectivity index (χ0v) is 19.7. The van der Waals surface area contributed by atoms with Gasteiger partial charge in [0.25, 0.3) is 5.56 Å². The zero-order valence-electron chi connectivity index (χ0n) is 18.9. The van der Waals surface area contributed by atoms with E-state index in [1.165, 1.54) is 38.1 Å². The van der Waals surface area contributed by atoms with E-state index < -0.39 is 0 Å². The Labute approximate surface area is 200 Å². The molecule has 0 saturated carbocycles. The average Bonchev–Trinajstić information content (AvgIpc) is 2.84. The Morgan fingerprint density at radius 1 is 1.18 bits per heavy atom. The first-order valence-electron chi connectivity index (χ1n) is 10.7. The van der Waals surface area contributed by atoms with Gasteiger partial charge >= 0.3 is 0 Å². The summed E-state index contributed by atoms with van der Waals surface area (Å²) in [6, 6.07) is 11.5. The van der Waals surface area contributed by atoms with Gasteiger partial charge in [-0.2, -0.15) is 0 Å². The summed E-state index contributed by atoms with van der Waals surface area (Å²) in [7, 11) is 3.08. The number of carbonyl (C=O) groups excluding carboxylic acids is 1. The predicted octanol–water partition coefficient (Wildman–Crippen LogP) is 3.22. The summed E-state index contributed by atoms with van der Waals surface area (Å²) in [5.41, 5.74) is 2.72. The Morgan fingerprint density at radius 3 is 2.56 bits per heavy atom. The molecule has 1 aliphatic heterocycles. The van der Waals surface area contributed by atoms with Crippen molar-refractivity contribution < 1.29 is 18.7 Å². The number of nitrogens with one attached hydrogen (secondary N) is 2. The number of rotatable bonds is 8. The Bertz CT molecular complexity index is 1210. The van der Waals surface area contributed by atoms with Crippen molar-refractivity contribution in [2.75, 3.05) is 31.8 Å². The number of aromatic amines is 1. The number of H-pyrrole nitrogens is 1. The summed E-state index contributed by atoms with van der Waals surface area (Å²) < 4.78 is 23.6. The second kappa shape index (κ2) is 10.7. The van der Waals surface area contributed by atoms with Gasteiger partial charge in [0.15, 0.2) is 5.16 Å². The van der Waals surface area contributed by atoms with Gasteiger partial charge in [-0.05, 0) is 17.7 Å².